The molecule has 0 atom stereocenters. The number of rotatable bonds is 3. The molecule has 2 N–H and O–H groups in total. The lowest BCUT2D eigenvalue weighted by molar-refractivity contribution is 0.387. The zero-order valence-corrected chi connectivity index (χ0v) is 18.4. The van der Waals surface area contributed by atoms with Gasteiger partial charge in [-0.05, 0) is 71.8 Å². The third-order valence-electron chi connectivity index (χ3n) is 5.33. The number of hydrogen-bond donors (Lipinski definition) is 2. The molecule has 4 aromatic carbocycles. The van der Waals surface area contributed by atoms with Gasteiger partial charge in [0.05, 0.1) is 16.3 Å². The van der Waals surface area contributed by atoms with Crippen LogP contribution in [-0.2, 0) is 4.57 Å². The van der Waals surface area contributed by atoms with E-state index in [0.29, 0.717) is 10.0 Å². The number of benzene rings is 4. The van der Waals surface area contributed by atoms with Crippen LogP contribution in [0.4, 0.5) is 0 Å². The lowest BCUT2D eigenvalue weighted by atomic mass is 10.1. The fourth-order valence-electron chi connectivity index (χ4n) is 3.92. The van der Waals surface area contributed by atoms with Gasteiger partial charge in [0.25, 0.3) is 0 Å². The first kappa shape index (κ1) is 20.3. The molecule has 0 radical (unpaired) electrons. The summed E-state index contributed by atoms with van der Waals surface area (Å²) in [5.74, 6) is 0. The van der Waals surface area contributed by atoms with E-state index in [4.69, 9.17) is 23.2 Å². The molecule has 5 rings (SSSR count). The molecule has 0 saturated carbocycles. The summed E-state index contributed by atoms with van der Waals surface area (Å²) < 4.78 is 13.6. The van der Waals surface area contributed by atoms with Crippen LogP contribution in [0.15, 0.2) is 84.9 Å². The van der Waals surface area contributed by atoms with Gasteiger partial charge in [0.15, 0.2) is 0 Å². The van der Waals surface area contributed by atoms with Crippen molar-refractivity contribution in [2.24, 2.45) is 0 Å². The molecule has 1 aromatic heterocycles. The maximum absolute atomic E-state index is 11.5. The van der Waals surface area contributed by atoms with Gasteiger partial charge in [-0.25, -0.2) is 0 Å². The van der Waals surface area contributed by atoms with E-state index >= 15 is 0 Å². The number of aromatic nitrogens is 1. The Labute approximate surface area is 188 Å². The van der Waals surface area contributed by atoms with Crippen LogP contribution in [-0.4, -0.2) is 14.4 Å². The Morgan fingerprint density at radius 2 is 1.26 bits per heavy atom. The van der Waals surface area contributed by atoms with Crippen LogP contribution in [0.1, 0.15) is 0 Å². The molecule has 1 heterocycles. The largest absolute Gasteiger partial charge is 0.356 e. The molecule has 0 bridgehead atoms. The molecule has 0 amide bonds. The number of hydrogen-bond acceptors (Lipinski definition) is 1. The fraction of sp³-hybridized carbons (Fsp3) is 0. The van der Waals surface area contributed by atoms with Crippen molar-refractivity contribution in [2.75, 3.05) is 0 Å². The molecule has 0 aliphatic rings. The zero-order valence-electron chi connectivity index (χ0n) is 16.0. The molecule has 0 fully saturated rings. The summed E-state index contributed by atoms with van der Waals surface area (Å²) in [7, 11) is -4.27. The molecule has 0 aliphatic heterocycles. The first-order valence-corrected chi connectivity index (χ1v) is 11.8. The fourth-order valence-corrected chi connectivity index (χ4v) is 4.80. The average Bonchev–Trinajstić information content (AvgIpc) is 3.06. The van der Waals surface area contributed by atoms with E-state index < -0.39 is 7.60 Å². The topological polar surface area (TPSA) is 62.5 Å². The summed E-state index contributed by atoms with van der Waals surface area (Å²) in [4.78, 5) is 18.7. The number of fused-ring (bicyclic) bond motifs is 3. The Morgan fingerprint density at radius 1 is 0.677 bits per heavy atom. The van der Waals surface area contributed by atoms with Crippen molar-refractivity contribution in [3.63, 3.8) is 0 Å². The van der Waals surface area contributed by atoms with Crippen LogP contribution in [0.25, 0.3) is 38.6 Å². The molecule has 0 spiro atoms. The van der Waals surface area contributed by atoms with Crippen LogP contribution in [0.2, 0.25) is 10.0 Å². The molecule has 7 heteroatoms. The Bertz CT molecular complexity index is 1440. The molecular weight excluding hydrogens is 452 g/mol. The first-order valence-electron chi connectivity index (χ1n) is 9.47. The van der Waals surface area contributed by atoms with Crippen molar-refractivity contribution in [3.8, 4) is 16.8 Å². The van der Waals surface area contributed by atoms with Crippen molar-refractivity contribution in [2.45, 2.75) is 0 Å². The van der Waals surface area contributed by atoms with E-state index in [9.17, 15) is 14.4 Å². The lowest BCUT2D eigenvalue weighted by Gasteiger charge is -2.11. The Hall–Kier alpha value is -2.59. The summed E-state index contributed by atoms with van der Waals surface area (Å²) in [6, 6.07) is 26.0. The van der Waals surface area contributed by atoms with Crippen LogP contribution in [0.3, 0.4) is 0 Å². The van der Waals surface area contributed by atoms with E-state index in [0.717, 1.165) is 38.6 Å². The highest BCUT2D eigenvalue weighted by molar-refractivity contribution is 7.60. The summed E-state index contributed by atoms with van der Waals surface area (Å²) in [5.41, 5.74) is 4.78. The molecule has 0 unspecified atom stereocenters. The minimum absolute atomic E-state index is 0.00330. The SMILES string of the molecule is O=P(O)(O)c1ccc(-c2cccc(-n3c4ccc(Cl)cc4c4cc(Cl)ccc43)c2)cc1. The Morgan fingerprint density at radius 3 is 1.81 bits per heavy atom. The van der Waals surface area contributed by atoms with E-state index in [-0.39, 0.29) is 5.30 Å². The van der Waals surface area contributed by atoms with Gasteiger partial charge in [0, 0.05) is 26.5 Å². The van der Waals surface area contributed by atoms with Crippen molar-refractivity contribution >= 4 is 57.9 Å². The van der Waals surface area contributed by atoms with Gasteiger partial charge in [-0.2, -0.15) is 0 Å². The van der Waals surface area contributed by atoms with Gasteiger partial charge in [0.2, 0.25) is 0 Å². The van der Waals surface area contributed by atoms with Gasteiger partial charge >= 0.3 is 7.60 Å². The summed E-state index contributed by atoms with van der Waals surface area (Å²) in [6.45, 7) is 0. The second kappa shape index (κ2) is 7.52. The maximum Gasteiger partial charge on any atom is 0.356 e. The van der Waals surface area contributed by atoms with Crippen LogP contribution >= 0.6 is 30.8 Å². The third kappa shape index (κ3) is 3.67. The monoisotopic (exact) mass is 467 g/mol. The van der Waals surface area contributed by atoms with Crippen LogP contribution in [0.5, 0.6) is 0 Å². The third-order valence-corrected chi connectivity index (χ3v) is 6.77. The quantitative estimate of drug-likeness (QED) is 0.295. The molecule has 0 saturated heterocycles. The van der Waals surface area contributed by atoms with Crippen LogP contribution in [0, 0.1) is 0 Å². The number of halogens is 2. The standard InChI is InChI=1S/C24H16Cl2NO3P/c25-17-6-10-23-21(13-17)22-14-18(26)7-11-24(22)27(23)19-3-1-2-16(12-19)15-4-8-20(9-5-15)31(28,29)30/h1-14H,(H2,28,29,30). The average molecular weight is 468 g/mol. The van der Waals surface area contributed by atoms with Crippen molar-refractivity contribution in [1.29, 1.82) is 0 Å². The van der Waals surface area contributed by atoms with E-state index in [2.05, 4.69) is 10.6 Å². The Balaban J connectivity index is 1.70. The van der Waals surface area contributed by atoms with Crippen molar-refractivity contribution in [1.82, 2.24) is 4.57 Å². The van der Waals surface area contributed by atoms with Gasteiger partial charge in [0.1, 0.15) is 0 Å². The molecule has 5 aromatic rings. The number of nitrogens with zero attached hydrogens (tertiary/aromatic N) is 1. The smallest absolute Gasteiger partial charge is 0.321 e. The van der Waals surface area contributed by atoms with E-state index in [1.165, 1.54) is 12.1 Å². The second-order valence-electron chi connectivity index (χ2n) is 7.30. The second-order valence-corrected chi connectivity index (χ2v) is 9.78. The highest BCUT2D eigenvalue weighted by Gasteiger charge is 2.17. The summed E-state index contributed by atoms with van der Waals surface area (Å²) in [6.07, 6.45) is 0. The highest BCUT2D eigenvalue weighted by Crippen LogP contribution is 2.37. The van der Waals surface area contributed by atoms with E-state index in [1.807, 2.05) is 54.6 Å². The first-order chi connectivity index (χ1) is 14.8. The zero-order chi connectivity index (χ0) is 21.8. The van der Waals surface area contributed by atoms with Crippen molar-refractivity contribution in [3.05, 3.63) is 95.0 Å². The minimum atomic E-state index is -4.27. The lowest BCUT2D eigenvalue weighted by Crippen LogP contribution is -2.02. The summed E-state index contributed by atoms with van der Waals surface area (Å²) in [5, 5.41) is 3.35. The normalized spacial score (nSPS) is 12.0. The van der Waals surface area contributed by atoms with Gasteiger partial charge < -0.3 is 14.4 Å². The molecule has 0 aliphatic carbocycles. The van der Waals surface area contributed by atoms with Gasteiger partial charge in [-0.15, -0.1) is 0 Å². The summed E-state index contributed by atoms with van der Waals surface area (Å²) >= 11 is 12.5. The van der Waals surface area contributed by atoms with Gasteiger partial charge in [-0.1, -0.05) is 47.5 Å². The van der Waals surface area contributed by atoms with Crippen molar-refractivity contribution < 1.29 is 14.4 Å². The predicted molar refractivity (Wildman–Crippen MR) is 128 cm³/mol. The highest BCUT2D eigenvalue weighted by atomic mass is 35.5. The molecule has 4 nitrogen and oxygen atoms in total. The minimum Gasteiger partial charge on any atom is -0.321 e. The van der Waals surface area contributed by atoms with Gasteiger partial charge in [-0.3, -0.25) is 4.57 Å². The molecule has 154 valence electrons. The molecule has 31 heavy (non-hydrogen) atoms. The predicted octanol–water partition coefficient (Wildman–Crippen LogP) is 6.56. The molecular formula is C24H16Cl2NO3P. The van der Waals surface area contributed by atoms with Crippen LogP contribution < -0.4 is 5.30 Å². The maximum atomic E-state index is 11.5. The Kier molecular flexibility index (Phi) is 4.93. The van der Waals surface area contributed by atoms with E-state index in [1.54, 1.807) is 12.1 Å².